The molecule has 0 spiro atoms. The number of nitrogens with one attached hydrogen (secondary N) is 1. The van der Waals surface area contributed by atoms with Crippen LogP contribution in [0.2, 0.25) is 0 Å². The second kappa shape index (κ2) is 6.08. The van der Waals surface area contributed by atoms with Crippen LogP contribution in [-0.4, -0.2) is 37.9 Å². The maximum atomic E-state index is 11.8. The second-order valence-corrected chi connectivity index (χ2v) is 6.92. The summed E-state index contributed by atoms with van der Waals surface area (Å²) in [6.07, 6.45) is 1.99. The van der Waals surface area contributed by atoms with Gasteiger partial charge in [0.15, 0.2) is 0 Å². The molecule has 0 aromatic rings. The highest BCUT2D eigenvalue weighted by Crippen LogP contribution is 2.33. The molecule has 0 bridgehead atoms. The van der Waals surface area contributed by atoms with E-state index in [-0.39, 0.29) is 29.4 Å². The molecule has 5 nitrogen and oxygen atoms in total. The molecule has 1 saturated carbocycles. The van der Waals surface area contributed by atoms with Gasteiger partial charge in [0.1, 0.15) is 0 Å². The van der Waals surface area contributed by atoms with E-state index < -0.39 is 16.1 Å². The molecular weight excluding hydrogens is 260 g/mol. The van der Waals surface area contributed by atoms with Gasteiger partial charge in [0.05, 0.1) is 29.5 Å². The molecular formula is C10H20N2O3S2. The van der Waals surface area contributed by atoms with Gasteiger partial charge in [0.25, 0.3) is 0 Å². The fourth-order valence-corrected chi connectivity index (χ4v) is 2.93. The van der Waals surface area contributed by atoms with Gasteiger partial charge >= 0.3 is 0 Å². The summed E-state index contributed by atoms with van der Waals surface area (Å²) in [5, 5.41) is 0. The fourth-order valence-electron chi connectivity index (χ4n) is 1.46. The van der Waals surface area contributed by atoms with Crippen molar-refractivity contribution in [3.05, 3.63) is 0 Å². The maximum absolute atomic E-state index is 11.8. The molecule has 17 heavy (non-hydrogen) atoms. The van der Waals surface area contributed by atoms with Gasteiger partial charge in [-0.05, 0) is 32.6 Å². The lowest BCUT2D eigenvalue weighted by Gasteiger charge is -2.17. The Balaban J connectivity index is 2.44. The van der Waals surface area contributed by atoms with Crippen LogP contribution in [0.5, 0.6) is 0 Å². The summed E-state index contributed by atoms with van der Waals surface area (Å²) in [4.78, 5) is 0.223. The van der Waals surface area contributed by atoms with Gasteiger partial charge in [-0.25, -0.2) is 13.1 Å². The zero-order valence-electron chi connectivity index (χ0n) is 10.2. The molecule has 0 aliphatic heterocycles. The predicted octanol–water partition coefficient (Wildman–Crippen LogP) is 0.396. The molecule has 1 rings (SSSR count). The first-order valence-electron chi connectivity index (χ1n) is 5.73. The summed E-state index contributed by atoms with van der Waals surface area (Å²) in [7, 11) is -3.37. The van der Waals surface area contributed by atoms with Crippen LogP contribution >= 0.6 is 12.2 Å². The van der Waals surface area contributed by atoms with Crippen LogP contribution < -0.4 is 10.5 Å². The van der Waals surface area contributed by atoms with Crippen molar-refractivity contribution in [2.45, 2.75) is 38.8 Å². The van der Waals surface area contributed by atoms with Gasteiger partial charge in [-0.2, -0.15) is 0 Å². The van der Waals surface area contributed by atoms with Crippen LogP contribution in [0.1, 0.15) is 26.7 Å². The van der Waals surface area contributed by atoms with E-state index in [2.05, 4.69) is 4.72 Å². The minimum atomic E-state index is -3.37. The minimum Gasteiger partial charge on any atom is -0.392 e. The molecule has 0 aromatic heterocycles. The average molecular weight is 280 g/mol. The molecule has 0 radical (unpaired) electrons. The number of ether oxygens (including phenoxy) is 1. The normalized spacial score (nSPS) is 18.3. The molecule has 0 heterocycles. The third-order valence-electron chi connectivity index (χ3n) is 2.51. The summed E-state index contributed by atoms with van der Waals surface area (Å²) in [6, 6.07) is -0.394. The van der Waals surface area contributed by atoms with Gasteiger partial charge in [0, 0.05) is 0 Å². The molecule has 7 heteroatoms. The largest absolute Gasteiger partial charge is 0.392 e. The number of nitrogens with two attached hydrogens (primary N) is 1. The van der Waals surface area contributed by atoms with Gasteiger partial charge in [-0.15, -0.1) is 0 Å². The van der Waals surface area contributed by atoms with Crippen LogP contribution in [-0.2, 0) is 14.8 Å². The average Bonchev–Trinajstić information content (AvgIpc) is 2.96. The molecule has 1 aliphatic rings. The van der Waals surface area contributed by atoms with Gasteiger partial charge in [0.2, 0.25) is 10.0 Å². The molecule has 100 valence electrons. The predicted molar refractivity (Wildman–Crippen MR) is 71.3 cm³/mol. The molecule has 0 saturated heterocycles. The fraction of sp³-hybridized carbons (Fsp3) is 0.900. The van der Waals surface area contributed by atoms with Gasteiger partial charge in [-0.3, -0.25) is 0 Å². The first-order chi connectivity index (χ1) is 7.82. The van der Waals surface area contributed by atoms with E-state index >= 15 is 0 Å². The van der Waals surface area contributed by atoms with Crippen LogP contribution in [0.3, 0.4) is 0 Å². The Morgan fingerprint density at radius 2 is 2.12 bits per heavy atom. The SMILES string of the molecule is CC(C)OCCS(=O)(=O)NC(C(N)=S)C1CC1. The van der Waals surface area contributed by atoms with E-state index in [0.717, 1.165) is 12.8 Å². The van der Waals surface area contributed by atoms with Crippen molar-refractivity contribution in [1.29, 1.82) is 0 Å². The van der Waals surface area contributed by atoms with E-state index in [9.17, 15) is 8.42 Å². The lowest BCUT2D eigenvalue weighted by Crippen LogP contribution is -2.46. The van der Waals surface area contributed by atoms with E-state index in [1.54, 1.807) is 0 Å². The highest BCUT2D eigenvalue weighted by molar-refractivity contribution is 7.89. The first kappa shape index (κ1) is 14.8. The highest BCUT2D eigenvalue weighted by atomic mass is 32.2. The molecule has 1 atom stereocenters. The lowest BCUT2D eigenvalue weighted by atomic mass is 10.2. The Bertz CT molecular complexity index is 364. The van der Waals surface area contributed by atoms with E-state index in [1.165, 1.54) is 0 Å². The zero-order valence-corrected chi connectivity index (χ0v) is 11.8. The molecule has 3 N–H and O–H groups in total. The van der Waals surface area contributed by atoms with E-state index in [1.807, 2.05) is 13.8 Å². The third kappa shape index (κ3) is 5.76. The van der Waals surface area contributed by atoms with Crippen molar-refractivity contribution in [3.8, 4) is 0 Å². The molecule has 1 fully saturated rings. The van der Waals surface area contributed by atoms with E-state index in [4.69, 9.17) is 22.7 Å². The number of thiocarbonyl (C=S) groups is 1. The Kier molecular flexibility index (Phi) is 5.30. The second-order valence-electron chi connectivity index (χ2n) is 4.57. The topological polar surface area (TPSA) is 81.4 Å². The minimum absolute atomic E-state index is 0.0278. The maximum Gasteiger partial charge on any atom is 0.214 e. The van der Waals surface area contributed by atoms with Gasteiger partial charge < -0.3 is 10.5 Å². The van der Waals surface area contributed by atoms with Crippen molar-refractivity contribution in [1.82, 2.24) is 4.72 Å². The summed E-state index contributed by atoms with van der Waals surface area (Å²) >= 11 is 4.87. The van der Waals surface area contributed by atoms with Crippen LogP contribution in [0.4, 0.5) is 0 Å². The Morgan fingerprint density at radius 1 is 1.53 bits per heavy atom. The molecule has 1 unspecified atom stereocenters. The summed E-state index contributed by atoms with van der Waals surface area (Å²) in [6.45, 7) is 3.91. The zero-order chi connectivity index (χ0) is 13.1. The monoisotopic (exact) mass is 280 g/mol. The van der Waals surface area contributed by atoms with Crippen LogP contribution in [0.15, 0.2) is 0 Å². The summed E-state index contributed by atoms with van der Waals surface area (Å²) in [5.41, 5.74) is 5.53. The molecule has 0 amide bonds. The molecule has 1 aliphatic carbocycles. The van der Waals surface area contributed by atoms with Crippen LogP contribution in [0.25, 0.3) is 0 Å². The quantitative estimate of drug-likeness (QED) is 0.629. The first-order valence-corrected chi connectivity index (χ1v) is 7.79. The lowest BCUT2D eigenvalue weighted by molar-refractivity contribution is 0.0911. The highest BCUT2D eigenvalue weighted by Gasteiger charge is 2.35. The van der Waals surface area contributed by atoms with E-state index in [0.29, 0.717) is 0 Å². The molecule has 0 aromatic carbocycles. The summed E-state index contributed by atoms with van der Waals surface area (Å²) < 4.78 is 31.3. The van der Waals surface area contributed by atoms with Crippen molar-refractivity contribution in [2.75, 3.05) is 12.4 Å². The number of hydrogen-bond acceptors (Lipinski definition) is 4. The Hall–Kier alpha value is -0.240. The third-order valence-corrected chi connectivity index (χ3v) is 4.08. The number of rotatable bonds is 8. The Labute approximate surface area is 108 Å². The van der Waals surface area contributed by atoms with Crippen molar-refractivity contribution >= 4 is 27.2 Å². The van der Waals surface area contributed by atoms with Gasteiger partial charge in [-0.1, -0.05) is 12.2 Å². The van der Waals surface area contributed by atoms with Crippen molar-refractivity contribution < 1.29 is 13.2 Å². The number of hydrogen-bond donors (Lipinski definition) is 2. The van der Waals surface area contributed by atoms with Crippen molar-refractivity contribution in [3.63, 3.8) is 0 Å². The standard InChI is InChI=1S/C10H20N2O3S2/c1-7(2)15-5-6-17(13,14)12-9(10(11)16)8-3-4-8/h7-9,12H,3-6H2,1-2H3,(H2,11,16). The van der Waals surface area contributed by atoms with Crippen molar-refractivity contribution in [2.24, 2.45) is 11.7 Å². The van der Waals surface area contributed by atoms with Crippen LogP contribution in [0, 0.1) is 5.92 Å². The summed E-state index contributed by atoms with van der Waals surface area (Å²) in [5.74, 6) is 0.213. The number of sulfonamides is 1. The Morgan fingerprint density at radius 3 is 2.53 bits per heavy atom. The smallest absolute Gasteiger partial charge is 0.214 e.